The molecule has 0 aliphatic rings. The largest absolute Gasteiger partial charge is 0.497 e. The number of aromatic nitrogens is 3. The van der Waals surface area contributed by atoms with Crippen LogP contribution in [0.2, 0.25) is 0 Å². The van der Waals surface area contributed by atoms with Crippen LogP contribution in [0.5, 0.6) is 17.2 Å². The summed E-state index contributed by atoms with van der Waals surface area (Å²) < 4.78 is 12.8. The Bertz CT molecular complexity index is 1440. The highest BCUT2D eigenvalue weighted by atomic mass is 16.5. The van der Waals surface area contributed by atoms with Gasteiger partial charge in [-0.3, -0.25) is 15.1 Å². The average Bonchev–Trinajstić information content (AvgIpc) is 3.34. The lowest BCUT2D eigenvalue weighted by molar-refractivity contribution is 0.0950. The van der Waals surface area contributed by atoms with Crippen LogP contribution in [-0.4, -0.2) is 40.4 Å². The summed E-state index contributed by atoms with van der Waals surface area (Å²) in [5.74, 6) is 2.01. The van der Waals surface area contributed by atoms with Gasteiger partial charge < -0.3 is 20.1 Å². The number of methoxy groups -OCH3 is 1. The molecule has 0 atom stereocenters. The topological polar surface area (TPSA) is 119 Å². The first kappa shape index (κ1) is 27.2. The predicted molar refractivity (Wildman–Crippen MR) is 150 cm³/mol. The summed E-state index contributed by atoms with van der Waals surface area (Å²) in [5.41, 5.74) is 2.25. The summed E-state index contributed by atoms with van der Waals surface area (Å²) in [7, 11) is 1.61. The monoisotopic (exact) mass is 528 g/mol. The number of amides is 3. The lowest BCUT2D eigenvalue weighted by Gasteiger charge is -2.14. The van der Waals surface area contributed by atoms with E-state index < -0.39 is 6.03 Å². The molecule has 0 aliphatic carbocycles. The van der Waals surface area contributed by atoms with Crippen molar-refractivity contribution < 1.29 is 19.1 Å². The smallest absolute Gasteiger partial charge is 0.324 e. The zero-order valence-corrected chi connectivity index (χ0v) is 22.6. The molecular formula is C29H32N6O4. The zero-order valence-electron chi connectivity index (χ0n) is 22.6. The van der Waals surface area contributed by atoms with Gasteiger partial charge >= 0.3 is 6.03 Å². The molecule has 2 aromatic carbocycles. The van der Waals surface area contributed by atoms with Crippen LogP contribution in [0.15, 0.2) is 72.9 Å². The Morgan fingerprint density at radius 1 is 0.897 bits per heavy atom. The quantitative estimate of drug-likeness (QED) is 0.268. The lowest BCUT2D eigenvalue weighted by atomic mass is 9.92. The zero-order chi connectivity index (χ0) is 28.0. The number of benzene rings is 2. The van der Waals surface area contributed by atoms with E-state index in [1.54, 1.807) is 48.2 Å². The van der Waals surface area contributed by atoms with Crippen LogP contribution in [0.25, 0.3) is 5.69 Å². The average molecular weight is 529 g/mol. The molecule has 0 unspecified atom stereocenters. The number of hydrogen-bond acceptors (Lipinski definition) is 6. The SMILES string of the molecule is CCNC(=O)c1cc(Oc2ccc(NC(=O)Nc3cc(C(C)(C)C)nn3-c3ccc(OC)cc3)cc2)ccn1. The highest BCUT2D eigenvalue weighted by Gasteiger charge is 2.21. The van der Waals surface area contributed by atoms with Gasteiger partial charge in [0.2, 0.25) is 0 Å². The van der Waals surface area contributed by atoms with Gasteiger partial charge in [0.25, 0.3) is 5.91 Å². The number of ether oxygens (including phenoxy) is 2. The van der Waals surface area contributed by atoms with Gasteiger partial charge in [-0.05, 0) is 61.5 Å². The highest BCUT2D eigenvalue weighted by molar-refractivity contribution is 5.99. The van der Waals surface area contributed by atoms with Crippen molar-refractivity contribution in [3.05, 3.63) is 84.3 Å². The number of hydrogen-bond donors (Lipinski definition) is 3. The first-order chi connectivity index (χ1) is 18.7. The number of nitrogens with one attached hydrogen (secondary N) is 3. The highest BCUT2D eigenvalue weighted by Crippen LogP contribution is 2.28. The second kappa shape index (κ2) is 11.7. The van der Waals surface area contributed by atoms with Gasteiger partial charge in [0.15, 0.2) is 0 Å². The molecule has 4 aromatic rings. The number of carbonyl (C=O) groups is 2. The molecule has 3 N–H and O–H groups in total. The molecule has 10 heteroatoms. The molecule has 0 saturated heterocycles. The van der Waals surface area contributed by atoms with Gasteiger partial charge in [-0.2, -0.15) is 5.10 Å². The van der Waals surface area contributed by atoms with Crippen molar-refractivity contribution in [2.45, 2.75) is 33.1 Å². The van der Waals surface area contributed by atoms with Crippen molar-refractivity contribution in [3.8, 4) is 22.9 Å². The molecule has 3 amide bonds. The molecule has 0 aliphatic heterocycles. The van der Waals surface area contributed by atoms with E-state index in [-0.39, 0.29) is 17.0 Å². The Morgan fingerprint density at radius 3 is 2.23 bits per heavy atom. The van der Waals surface area contributed by atoms with Crippen LogP contribution in [0.1, 0.15) is 43.9 Å². The van der Waals surface area contributed by atoms with E-state index in [1.165, 1.54) is 6.20 Å². The fourth-order valence-electron chi connectivity index (χ4n) is 3.63. The van der Waals surface area contributed by atoms with E-state index in [0.29, 0.717) is 29.5 Å². The standard InChI is InChI=1S/C29H32N6O4/c1-6-30-27(36)24-17-23(15-16-31-24)39-22-11-7-19(8-12-22)32-28(37)33-26-18-25(29(2,3)4)34-35(26)20-9-13-21(38-5)14-10-20/h7-18H,6H2,1-5H3,(H,30,36)(H2,32,33,37). The van der Waals surface area contributed by atoms with Gasteiger partial charge in [0.05, 0.1) is 18.5 Å². The molecule has 0 radical (unpaired) electrons. The first-order valence-corrected chi connectivity index (χ1v) is 12.5. The third-order valence-corrected chi connectivity index (χ3v) is 5.69. The predicted octanol–water partition coefficient (Wildman–Crippen LogP) is 5.76. The Labute approximate surface area is 227 Å². The van der Waals surface area contributed by atoms with Crippen molar-refractivity contribution in [1.82, 2.24) is 20.1 Å². The number of nitrogens with zero attached hydrogens (tertiary/aromatic N) is 3. The lowest BCUT2D eigenvalue weighted by Crippen LogP contribution is -2.23. The Kier molecular flexibility index (Phi) is 8.14. The van der Waals surface area contributed by atoms with Crippen molar-refractivity contribution in [1.29, 1.82) is 0 Å². The van der Waals surface area contributed by atoms with Crippen LogP contribution < -0.4 is 25.4 Å². The molecule has 0 spiro atoms. The van der Waals surface area contributed by atoms with Crippen molar-refractivity contribution in [2.24, 2.45) is 0 Å². The molecule has 4 rings (SSSR count). The van der Waals surface area contributed by atoms with Crippen LogP contribution >= 0.6 is 0 Å². The number of urea groups is 1. The number of carbonyl (C=O) groups excluding carboxylic acids is 2. The van der Waals surface area contributed by atoms with E-state index >= 15 is 0 Å². The van der Waals surface area contributed by atoms with Crippen LogP contribution in [0.3, 0.4) is 0 Å². The third kappa shape index (κ3) is 6.92. The molecule has 10 nitrogen and oxygen atoms in total. The maximum Gasteiger partial charge on any atom is 0.324 e. The van der Waals surface area contributed by atoms with Gasteiger partial charge in [0, 0.05) is 36.0 Å². The van der Waals surface area contributed by atoms with Gasteiger partial charge in [-0.25, -0.2) is 9.48 Å². The normalized spacial score (nSPS) is 11.0. The van der Waals surface area contributed by atoms with E-state index in [4.69, 9.17) is 14.6 Å². The van der Waals surface area contributed by atoms with Crippen LogP contribution in [0, 0.1) is 0 Å². The van der Waals surface area contributed by atoms with E-state index in [9.17, 15) is 9.59 Å². The first-order valence-electron chi connectivity index (χ1n) is 12.5. The number of rotatable bonds is 8. The Balaban J connectivity index is 1.45. The summed E-state index contributed by atoms with van der Waals surface area (Å²) in [6, 6.07) is 19.0. The Hall–Kier alpha value is -4.86. The van der Waals surface area contributed by atoms with Crippen LogP contribution in [0.4, 0.5) is 16.3 Å². The number of pyridine rings is 1. The van der Waals surface area contributed by atoms with Gasteiger partial charge in [-0.15, -0.1) is 0 Å². The molecule has 202 valence electrons. The molecular weight excluding hydrogens is 496 g/mol. The van der Waals surface area contributed by atoms with E-state index in [0.717, 1.165) is 17.1 Å². The second-order valence-corrected chi connectivity index (χ2v) is 9.72. The van der Waals surface area contributed by atoms with Crippen LogP contribution in [-0.2, 0) is 5.41 Å². The molecule has 2 aromatic heterocycles. The fourth-order valence-corrected chi connectivity index (χ4v) is 3.63. The summed E-state index contributed by atoms with van der Waals surface area (Å²) in [6.45, 7) is 8.54. The summed E-state index contributed by atoms with van der Waals surface area (Å²) in [6.07, 6.45) is 1.52. The van der Waals surface area contributed by atoms with E-state index in [2.05, 4.69) is 41.7 Å². The van der Waals surface area contributed by atoms with E-state index in [1.807, 2.05) is 37.3 Å². The maximum absolute atomic E-state index is 12.9. The van der Waals surface area contributed by atoms with Gasteiger partial charge in [-0.1, -0.05) is 20.8 Å². The summed E-state index contributed by atoms with van der Waals surface area (Å²) >= 11 is 0. The minimum Gasteiger partial charge on any atom is -0.497 e. The minimum atomic E-state index is -0.417. The molecule has 0 bridgehead atoms. The summed E-state index contributed by atoms with van der Waals surface area (Å²) in [4.78, 5) is 29.0. The molecule has 0 fully saturated rings. The summed E-state index contributed by atoms with van der Waals surface area (Å²) in [5, 5.41) is 13.2. The minimum absolute atomic E-state index is 0.212. The maximum atomic E-state index is 12.9. The van der Waals surface area contributed by atoms with Crippen molar-refractivity contribution >= 4 is 23.4 Å². The molecule has 2 heterocycles. The fraction of sp³-hybridized carbons (Fsp3) is 0.241. The molecule has 0 saturated carbocycles. The second-order valence-electron chi connectivity index (χ2n) is 9.72. The van der Waals surface area contributed by atoms with Crippen molar-refractivity contribution in [2.75, 3.05) is 24.3 Å². The number of anilines is 2. The van der Waals surface area contributed by atoms with Crippen molar-refractivity contribution in [3.63, 3.8) is 0 Å². The molecule has 39 heavy (non-hydrogen) atoms. The van der Waals surface area contributed by atoms with Gasteiger partial charge in [0.1, 0.15) is 28.8 Å². The Morgan fingerprint density at radius 2 is 1.59 bits per heavy atom. The third-order valence-electron chi connectivity index (χ3n) is 5.69.